The van der Waals surface area contributed by atoms with Gasteiger partial charge in [-0.2, -0.15) is 0 Å². The number of imidazole rings is 2. The predicted molar refractivity (Wildman–Crippen MR) is 257 cm³/mol. The first kappa shape index (κ1) is 50.8. The Labute approximate surface area is 388 Å². The van der Waals surface area contributed by atoms with Crippen LogP contribution in [0.1, 0.15) is 138 Å². The van der Waals surface area contributed by atoms with Crippen molar-refractivity contribution in [2.45, 2.75) is 130 Å². The molecule has 2 unspecified atom stereocenters. The minimum absolute atomic E-state index is 0. The van der Waals surface area contributed by atoms with Crippen molar-refractivity contribution in [1.29, 1.82) is 0 Å². The maximum absolute atomic E-state index is 12.9. The van der Waals surface area contributed by atoms with Crippen LogP contribution in [0.3, 0.4) is 0 Å². The molecule has 0 bridgehead atoms. The highest BCUT2D eigenvalue weighted by atomic mass is 35.5. The van der Waals surface area contributed by atoms with Crippen LogP contribution in [0.25, 0.3) is 11.6 Å². The third kappa shape index (κ3) is 16.1. The molecule has 2 saturated heterocycles. The van der Waals surface area contributed by atoms with Crippen molar-refractivity contribution in [3.05, 3.63) is 85.2 Å². The van der Waals surface area contributed by atoms with E-state index in [1.54, 1.807) is 48.1 Å². The molecule has 2 aliphatic heterocycles. The molecule has 13 nitrogen and oxygen atoms in total. The van der Waals surface area contributed by atoms with Crippen LogP contribution in [-0.4, -0.2) is 107 Å². The zero-order valence-electron chi connectivity index (χ0n) is 39.0. The number of rotatable bonds is 13. The number of pyridine rings is 2. The molecule has 4 N–H and O–H groups in total. The maximum Gasteiger partial charge on any atom is 0.337 e. The summed E-state index contributed by atoms with van der Waals surface area (Å²) < 4.78 is 3.54. The van der Waals surface area contributed by atoms with Crippen molar-refractivity contribution in [2.75, 3.05) is 39.3 Å². The number of carbonyl (C=O) groups excluding carboxylic acids is 1. The number of nitrogens with one attached hydrogen (secondary N) is 1. The van der Waals surface area contributed by atoms with Gasteiger partial charge in [0.25, 0.3) is 5.91 Å². The number of carboxylic acids is 1. The van der Waals surface area contributed by atoms with Gasteiger partial charge in [-0.1, -0.05) is 53.4 Å². The molecule has 4 aromatic rings. The summed E-state index contributed by atoms with van der Waals surface area (Å²) in [5, 5.41) is 12.0. The van der Waals surface area contributed by atoms with Crippen LogP contribution in [0.2, 0.25) is 0 Å². The fraction of sp³-hybridized carbons (Fsp3) is 0.640. The van der Waals surface area contributed by atoms with Crippen LogP contribution >= 0.6 is 12.4 Å². The lowest BCUT2D eigenvalue weighted by atomic mass is 9.82. The molecule has 352 valence electrons. The Morgan fingerprint density at radius 1 is 0.688 bits per heavy atom. The van der Waals surface area contributed by atoms with Gasteiger partial charge in [-0.25, -0.2) is 24.7 Å². The molecule has 4 aliphatic rings. The third-order valence-corrected chi connectivity index (χ3v) is 13.5. The molecule has 64 heavy (non-hydrogen) atoms. The number of amides is 1. The Bertz CT molecular complexity index is 1910. The second-order valence-corrected chi connectivity index (χ2v) is 19.7. The second-order valence-electron chi connectivity index (χ2n) is 19.7. The van der Waals surface area contributed by atoms with Crippen molar-refractivity contribution in [3.8, 4) is 11.6 Å². The van der Waals surface area contributed by atoms with Crippen molar-refractivity contribution in [2.24, 2.45) is 41.2 Å². The Morgan fingerprint density at radius 2 is 1.19 bits per heavy atom. The summed E-state index contributed by atoms with van der Waals surface area (Å²) in [6.45, 7) is 16.9. The van der Waals surface area contributed by atoms with Gasteiger partial charge in [-0.3, -0.25) is 13.9 Å². The van der Waals surface area contributed by atoms with Gasteiger partial charge >= 0.3 is 5.97 Å². The topological polar surface area (TPSA) is 160 Å². The number of nitrogens with two attached hydrogens (primary N) is 1. The fourth-order valence-electron chi connectivity index (χ4n) is 10.5. The average molecular weight is 902 g/mol. The summed E-state index contributed by atoms with van der Waals surface area (Å²) in [6, 6.07) is 7.61. The lowest BCUT2D eigenvalue weighted by Gasteiger charge is -2.39. The predicted octanol–water partition coefficient (Wildman–Crippen LogP) is 8.96. The SMILES string of the molecule is CC(C)CC1CCCN(C[C@@H]2CCCC[C@H]2N)C1.CC(C)CC1CCCN(C[C@@H]2CCCC[C@H]2NC(=O)c2ccc(-n3ccnc3)nc2)C1.Cl.O=C(O)c1ccc(-n2ccnc2)nc1. The quantitative estimate of drug-likeness (QED) is 0.118. The van der Waals surface area contributed by atoms with Gasteiger partial charge in [-0.05, 0) is 137 Å². The molecule has 6 heterocycles. The van der Waals surface area contributed by atoms with E-state index >= 15 is 0 Å². The van der Waals surface area contributed by atoms with E-state index in [9.17, 15) is 9.59 Å². The number of carbonyl (C=O) groups is 2. The molecule has 0 spiro atoms. The van der Waals surface area contributed by atoms with Crippen molar-refractivity contribution < 1.29 is 14.7 Å². The summed E-state index contributed by atoms with van der Waals surface area (Å²) in [6.07, 6.45) is 31.7. The van der Waals surface area contributed by atoms with E-state index in [0.717, 1.165) is 48.4 Å². The van der Waals surface area contributed by atoms with E-state index in [-0.39, 0.29) is 29.9 Å². The van der Waals surface area contributed by atoms with Crippen LogP contribution in [0, 0.1) is 35.5 Å². The van der Waals surface area contributed by atoms with E-state index in [0.29, 0.717) is 23.3 Å². The molecule has 1 amide bonds. The van der Waals surface area contributed by atoms with Gasteiger partial charge in [0.15, 0.2) is 0 Å². The van der Waals surface area contributed by atoms with Gasteiger partial charge in [-0.15, -0.1) is 12.4 Å². The van der Waals surface area contributed by atoms with Crippen molar-refractivity contribution >= 4 is 24.3 Å². The van der Waals surface area contributed by atoms with Gasteiger partial charge in [0, 0.05) is 75.4 Å². The molecule has 0 radical (unpaired) electrons. The van der Waals surface area contributed by atoms with Gasteiger partial charge in [0.2, 0.25) is 0 Å². The zero-order chi connectivity index (χ0) is 44.6. The number of nitrogens with zero attached hydrogens (tertiary/aromatic N) is 8. The summed E-state index contributed by atoms with van der Waals surface area (Å²) in [4.78, 5) is 45.2. The molecule has 4 aromatic heterocycles. The maximum atomic E-state index is 12.9. The van der Waals surface area contributed by atoms with E-state index < -0.39 is 5.97 Å². The summed E-state index contributed by atoms with van der Waals surface area (Å²) >= 11 is 0. The van der Waals surface area contributed by atoms with E-state index in [1.165, 1.54) is 128 Å². The lowest BCUT2D eigenvalue weighted by Crippen LogP contribution is -2.48. The second kappa shape index (κ2) is 26.1. The Morgan fingerprint density at radius 3 is 1.66 bits per heavy atom. The van der Waals surface area contributed by atoms with E-state index in [2.05, 4.69) is 62.7 Å². The lowest BCUT2D eigenvalue weighted by molar-refractivity contribution is 0.0696. The summed E-state index contributed by atoms with van der Waals surface area (Å²) in [7, 11) is 0. The number of hydrogen-bond acceptors (Lipinski definition) is 9. The molecule has 2 aliphatic carbocycles. The highest BCUT2D eigenvalue weighted by Gasteiger charge is 2.31. The standard InChI is InChI=1S/C25H37N5O.C16H32N2.C9H7N3O2.ClH/c1-19(2)14-20-6-5-12-29(16-20)17-22-7-3-4-8-23(22)28-25(31)21-9-10-24(27-15-21)30-13-11-26-18-30;1-13(2)10-14-6-5-9-18(11-14)12-15-7-3-4-8-16(15)17;13-9(14)7-1-2-8(11-5-7)12-4-3-10-6-12;/h9-11,13,15,18-20,22-23H,3-8,12,14,16-17H2,1-2H3,(H,28,31);13-16H,3-12,17H2,1-2H3;1-6H,(H,13,14);1H/t20?,22-,23+;14?,15-,16+;;/m00../s1. The summed E-state index contributed by atoms with van der Waals surface area (Å²) in [5.74, 6) is 5.17. The number of likely N-dealkylation sites (tertiary alicyclic amines) is 2. The average Bonchev–Trinajstić information content (AvgIpc) is 4.02. The van der Waals surface area contributed by atoms with E-state index in [1.807, 2.05) is 22.9 Å². The van der Waals surface area contributed by atoms with Gasteiger partial charge < -0.3 is 26.0 Å². The van der Waals surface area contributed by atoms with Crippen molar-refractivity contribution in [3.63, 3.8) is 0 Å². The summed E-state index contributed by atoms with van der Waals surface area (Å²) in [5.41, 5.74) is 7.09. The van der Waals surface area contributed by atoms with Crippen LogP contribution in [0.15, 0.2) is 74.1 Å². The minimum atomic E-state index is -0.977. The Hall–Kier alpha value is -4.17. The monoisotopic (exact) mass is 901 g/mol. The van der Waals surface area contributed by atoms with E-state index in [4.69, 9.17) is 10.8 Å². The normalized spacial score (nSPS) is 24.1. The molecule has 14 heteroatoms. The molecule has 4 fully saturated rings. The Balaban J connectivity index is 0.000000198. The molecular formula is C50H77ClN10O3. The molecule has 2 saturated carbocycles. The first-order chi connectivity index (χ1) is 30.5. The minimum Gasteiger partial charge on any atom is -0.478 e. The van der Waals surface area contributed by atoms with Gasteiger partial charge in [0.05, 0.1) is 11.1 Å². The third-order valence-electron chi connectivity index (χ3n) is 13.5. The number of aromatic carboxylic acids is 1. The van der Waals surface area contributed by atoms with Crippen molar-refractivity contribution in [1.82, 2.24) is 44.2 Å². The number of halogens is 1. The molecule has 8 rings (SSSR count). The highest BCUT2D eigenvalue weighted by Crippen LogP contribution is 2.30. The highest BCUT2D eigenvalue weighted by molar-refractivity contribution is 5.94. The number of hydrogen-bond donors (Lipinski definition) is 3. The molecular weight excluding hydrogens is 824 g/mol. The first-order valence-electron chi connectivity index (χ1n) is 24.1. The van der Waals surface area contributed by atoms with Crippen LogP contribution in [0.4, 0.5) is 0 Å². The smallest absolute Gasteiger partial charge is 0.337 e. The first-order valence-corrected chi connectivity index (χ1v) is 24.1. The number of piperidine rings is 2. The number of carboxylic acid groups (broad SMARTS) is 1. The Kier molecular flexibility index (Phi) is 20.7. The molecule has 6 atom stereocenters. The van der Waals surface area contributed by atoms with Crippen LogP contribution in [-0.2, 0) is 0 Å². The zero-order valence-corrected chi connectivity index (χ0v) is 39.8. The fourth-order valence-corrected chi connectivity index (χ4v) is 10.5. The largest absolute Gasteiger partial charge is 0.478 e. The van der Waals surface area contributed by atoms with Crippen LogP contribution in [0.5, 0.6) is 0 Å². The number of aromatic nitrogens is 6. The van der Waals surface area contributed by atoms with Crippen LogP contribution < -0.4 is 11.1 Å². The van der Waals surface area contributed by atoms with Gasteiger partial charge in [0.1, 0.15) is 24.3 Å². The molecule has 0 aromatic carbocycles.